The zero-order chi connectivity index (χ0) is 14.2. The minimum absolute atomic E-state index is 0.271. The first-order valence-corrected chi connectivity index (χ1v) is 6.60. The number of ether oxygens (including phenoxy) is 2. The van der Waals surface area contributed by atoms with Crippen molar-refractivity contribution in [2.45, 2.75) is 0 Å². The van der Waals surface area contributed by atoms with Gasteiger partial charge >= 0.3 is 0 Å². The quantitative estimate of drug-likeness (QED) is 0.704. The molecule has 0 saturated heterocycles. The topological polar surface area (TPSA) is 69.4 Å². The number of benzene rings is 2. The van der Waals surface area contributed by atoms with Gasteiger partial charge in [-0.1, -0.05) is 0 Å². The predicted molar refractivity (Wildman–Crippen MR) is 82.0 cm³/mol. The molecular weight excluding hydrogens is 266 g/mol. The number of fused-ring (bicyclic) bond motifs is 2. The van der Waals surface area contributed by atoms with Crippen molar-refractivity contribution in [3.63, 3.8) is 0 Å². The van der Waals surface area contributed by atoms with Gasteiger partial charge in [0.05, 0.1) is 0 Å². The molecule has 21 heavy (non-hydrogen) atoms. The van der Waals surface area contributed by atoms with E-state index < -0.39 is 0 Å². The Hall–Kier alpha value is -2.95. The van der Waals surface area contributed by atoms with E-state index in [0.29, 0.717) is 0 Å². The van der Waals surface area contributed by atoms with E-state index in [4.69, 9.17) is 15.2 Å². The molecular formula is C16H13N3O2. The van der Waals surface area contributed by atoms with Crippen LogP contribution in [0.4, 0.5) is 17.1 Å². The largest absolute Gasteiger partial charge is 0.454 e. The first kappa shape index (κ1) is 11.8. The van der Waals surface area contributed by atoms with Gasteiger partial charge in [0.2, 0.25) is 6.79 Å². The van der Waals surface area contributed by atoms with Crippen LogP contribution in [0.5, 0.6) is 11.5 Å². The van der Waals surface area contributed by atoms with E-state index in [-0.39, 0.29) is 6.79 Å². The van der Waals surface area contributed by atoms with Crippen LogP contribution in [0.15, 0.2) is 48.8 Å². The third-order valence-electron chi connectivity index (χ3n) is 3.50. The SMILES string of the molecule is Nc1ccc(Nc2ccc3c(c2)OCO3)c2cnccc12. The van der Waals surface area contributed by atoms with Crippen molar-refractivity contribution in [2.24, 2.45) is 0 Å². The number of nitrogens with one attached hydrogen (secondary N) is 1. The van der Waals surface area contributed by atoms with Gasteiger partial charge in [0.1, 0.15) is 0 Å². The maximum absolute atomic E-state index is 6.00. The number of hydrogen-bond donors (Lipinski definition) is 2. The fourth-order valence-electron chi connectivity index (χ4n) is 2.45. The number of pyridine rings is 1. The van der Waals surface area contributed by atoms with Crippen LogP contribution in [0.1, 0.15) is 0 Å². The Kier molecular flexibility index (Phi) is 2.57. The fraction of sp³-hybridized carbons (Fsp3) is 0.0625. The smallest absolute Gasteiger partial charge is 0.231 e. The summed E-state index contributed by atoms with van der Waals surface area (Å²) in [6.45, 7) is 0.271. The highest BCUT2D eigenvalue weighted by Gasteiger charge is 2.13. The average Bonchev–Trinajstić information content (AvgIpc) is 2.98. The summed E-state index contributed by atoms with van der Waals surface area (Å²) in [5, 5.41) is 5.34. The Morgan fingerprint density at radius 3 is 2.86 bits per heavy atom. The van der Waals surface area contributed by atoms with Gasteiger partial charge in [-0.05, 0) is 30.3 Å². The lowest BCUT2D eigenvalue weighted by Crippen LogP contribution is -1.95. The third kappa shape index (κ3) is 1.99. The van der Waals surface area contributed by atoms with Crippen molar-refractivity contribution in [3.8, 4) is 11.5 Å². The van der Waals surface area contributed by atoms with Crippen LogP contribution < -0.4 is 20.5 Å². The normalized spacial score (nSPS) is 12.6. The molecule has 1 aliphatic heterocycles. The highest BCUT2D eigenvalue weighted by atomic mass is 16.7. The second-order valence-electron chi connectivity index (χ2n) is 4.82. The fourth-order valence-corrected chi connectivity index (χ4v) is 2.45. The van der Waals surface area contributed by atoms with Gasteiger partial charge < -0.3 is 20.5 Å². The zero-order valence-corrected chi connectivity index (χ0v) is 11.2. The standard InChI is InChI=1S/C16H13N3O2/c17-13-2-3-14(12-8-18-6-5-11(12)13)19-10-1-4-15-16(7-10)21-9-20-15/h1-8,19H,9,17H2. The molecule has 0 atom stereocenters. The summed E-state index contributed by atoms with van der Waals surface area (Å²) in [6, 6.07) is 11.5. The van der Waals surface area contributed by atoms with Crippen LogP contribution in [-0.4, -0.2) is 11.8 Å². The van der Waals surface area contributed by atoms with Crippen molar-refractivity contribution in [1.29, 1.82) is 0 Å². The molecule has 0 unspecified atom stereocenters. The van der Waals surface area contributed by atoms with E-state index in [9.17, 15) is 0 Å². The number of nitrogens with two attached hydrogens (primary N) is 1. The van der Waals surface area contributed by atoms with Crippen LogP contribution in [-0.2, 0) is 0 Å². The summed E-state index contributed by atoms with van der Waals surface area (Å²) in [5.41, 5.74) is 8.61. The maximum atomic E-state index is 6.00. The van der Waals surface area contributed by atoms with E-state index in [0.717, 1.165) is 39.3 Å². The summed E-state index contributed by atoms with van der Waals surface area (Å²) in [5.74, 6) is 1.52. The number of nitrogen functional groups attached to an aromatic ring is 1. The lowest BCUT2D eigenvalue weighted by molar-refractivity contribution is 0.174. The van der Waals surface area contributed by atoms with Crippen LogP contribution in [0.3, 0.4) is 0 Å². The molecule has 1 aromatic heterocycles. The maximum Gasteiger partial charge on any atom is 0.231 e. The zero-order valence-electron chi connectivity index (χ0n) is 11.2. The first-order chi connectivity index (χ1) is 10.3. The van der Waals surface area contributed by atoms with Crippen LogP contribution >= 0.6 is 0 Å². The lowest BCUT2D eigenvalue weighted by atomic mass is 10.1. The molecule has 2 aromatic carbocycles. The van der Waals surface area contributed by atoms with E-state index in [2.05, 4.69) is 10.3 Å². The van der Waals surface area contributed by atoms with Crippen molar-refractivity contribution in [1.82, 2.24) is 4.98 Å². The van der Waals surface area contributed by atoms with E-state index in [1.165, 1.54) is 0 Å². The number of anilines is 3. The van der Waals surface area contributed by atoms with E-state index in [1.54, 1.807) is 12.4 Å². The summed E-state index contributed by atoms with van der Waals surface area (Å²) in [6.07, 6.45) is 3.55. The van der Waals surface area contributed by atoms with Gasteiger partial charge in [0.15, 0.2) is 11.5 Å². The Morgan fingerprint density at radius 2 is 1.90 bits per heavy atom. The molecule has 2 heterocycles. The third-order valence-corrected chi connectivity index (χ3v) is 3.50. The molecule has 0 aliphatic carbocycles. The number of nitrogens with zero attached hydrogens (tertiary/aromatic N) is 1. The van der Waals surface area contributed by atoms with Gasteiger partial charge in [-0.25, -0.2) is 0 Å². The highest BCUT2D eigenvalue weighted by Crippen LogP contribution is 2.36. The number of aromatic nitrogens is 1. The van der Waals surface area contributed by atoms with E-state index >= 15 is 0 Å². The average molecular weight is 279 g/mol. The second-order valence-corrected chi connectivity index (χ2v) is 4.82. The highest BCUT2D eigenvalue weighted by molar-refractivity contribution is 6.01. The molecule has 104 valence electrons. The van der Waals surface area contributed by atoms with Gasteiger partial charge in [-0.3, -0.25) is 4.98 Å². The minimum Gasteiger partial charge on any atom is -0.454 e. The summed E-state index contributed by atoms with van der Waals surface area (Å²) >= 11 is 0. The number of hydrogen-bond acceptors (Lipinski definition) is 5. The molecule has 3 N–H and O–H groups in total. The summed E-state index contributed by atoms with van der Waals surface area (Å²) < 4.78 is 10.7. The van der Waals surface area contributed by atoms with Crippen LogP contribution in [0.25, 0.3) is 10.8 Å². The van der Waals surface area contributed by atoms with Crippen molar-refractivity contribution >= 4 is 27.8 Å². The molecule has 3 aromatic rings. The summed E-state index contributed by atoms with van der Waals surface area (Å²) in [7, 11) is 0. The molecule has 0 radical (unpaired) electrons. The Labute approximate surface area is 121 Å². The molecule has 0 bridgehead atoms. The van der Waals surface area contributed by atoms with Crippen molar-refractivity contribution in [3.05, 3.63) is 48.8 Å². The predicted octanol–water partition coefficient (Wildman–Crippen LogP) is 3.29. The molecule has 0 saturated carbocycles. The molecule has 5 nitrogen and oxygen atoms in total. The molecule has 5 heteroatoms. The lowest BCUT2D eigenvalue weighted by Gasteiger charge is -2.11. The Bertz CT molecular complexity index is 833. The second kappa shape index (κ2) is 4.56. The first-order valence-electron chi connectivity index (χ1n) is 6.60. The molecule has 0 fully saturated rings. The number of rotatable bonds is 2. The molecule has 1 aliphatic rings. The van der Waals surface area contributed by atoms with Crippen LogP contribution in [0, 0.1) is 0 Å². The Morgan fingerprint density at radius 1 is 1.00 bits per heavy atom. The molecule has 0 spiro atoms. The minimum atomic E-state index is 0.271. The van der Waals surface area contributed by atoms with Crippen molar-refractivity contribution < 1.29 is 9.47 Å². The van der Waals surface area contributed by atoms with Gasteiger partial charge in [-0.15, -0.1) is 0 Å². The van der Waals surface area contributed by atoms with E-state index in [1.807, 2.05) is 36.4 Å². The van der Waals surface area contributed by atoms with Crippen LogP contribution in [0.2, 0.25) is 0 Å². The summed E-state index contributed by atoms with van der Waals surface area (Å²) in [4.78, 5) is 4.17. The monoisotopic (exact) mass is 279 g/mol. The van der Waals surface area contributed by atoms with Gasteiger partial charge in [-0.2, -0.15) is 0 Å². The van der Waals surface area contributed by atoms with Gasteiger partial charge in [0.25, 0.3) is 0 Å². The molecule has 4 rings (SSSR count). The Balaban J connectivity index is 1.76. The van der Waals surface area contributed by atoms with Gasteiger partial charge in [0, 0.05) is 46.3 Å². The van der Waals surface area contributed by atoms with Crippen molar-refractivity contribution in [2.75, 3.05) is 17.8 Å². The molecule has 0 amide bonds.